The van der Waals surface area contributed by atoms with Gasteiger partial charge in [0.15, 0.2) is 5.11 Å². The highest BCUT2D eigenvalue weighted by Crippen LogP contribution is 2.25. The SMILES string of the molecule is CCc1nc2c(Br)cc(Br)cc2c(=O)n1CCN(C(=S)Nc1ccccc1)C(C)C. The van der Waals surface area contributed by atoms with Gasteiger partial charge in [-0.2, -0.15) is 0 Å². The van der Waals surface area contributed by atoms with Gasteiger partial charge in [0.05, 0.1) is 10.9 Å². The van der Waals surface area contributed by atoms with E-state index >= 15 is 0 Å². The highest BCUT2D eigenvalue weighted by molar-refractivity contribution is 9.11. The predicted molar refractivity (Wildman–Crippen MR) is 135 cm³/mol. The average molecular weight is 552 g/mol. The largest absolute Gasteiger partial charge is 0.345 e. The summed E-state index contributed by atoms with van der Waals surface area (Å²) in [6, 6.07) is 13.8. The molecule has 1 aromatic heterocycles. The van der Waals surface area contributed by atoms with E-state index < -0.39 is 0 Å². The minimum atomic E-state index is -0.0375. The molecule has 0 radical (unpaired) electrons. The number of para-hydroxylation sites is 1. The molecule has 0 aliphatic heterocycles. The van der Waals surface area contributed by atoms with E-state index in [1.807, 2.05) is 49.4 Å². The summed E-state index contributed by atoms with van der Waals surface area (Å²) in [6.45, 7) is 7.30. The number of aromatic nitrogens is 2. The summed E-state index contributed by atoms with van der Waals surface area (Å²) >= 11 is 12.7. The van der Waals surface area contributed by atoms with Crippen LogP contribution in [0.2, 0.25) is 0 Å². The lowest BCUT2D eigenvalue weighted by Crippen LogP contribution is -2.43. The maximum absolute atomic E-state index is 13.3. The molecule has 158 valence electrons. The molecule has 0 fully saturated rings. The predicted octanol–water partition coefficient (Wildman–Crippen LogP) is 5.59. The van der Waals surface area contributed by atoms with E-state index in [2.05, 4.69) is 55.9 Å². The van der Waals surface area contributed by atoms with Gasteiger partial charge in [0.1, 0.15) is 5.82 Å². The van der Waals surface area contributed by atoms with E-state index in [4.69, 9.17) is 17.2 Å². The Bertz CT molecular complexity index is 1120. The van der Waals surface area contributed by atoms with Gasteiger partial charge in [-0.3, -0.25) is 9.36 Å². The zero-order chi connectivity index (χ0) is 21.8. The fourth-order valence-corrected chi connectivity index (χ4v) is 5.05. The second-order valence-corrected chi connectivity index (χ2v) is 9.36. The molecule has 0 amide bonds. The Labute approximate surface area is 198 Å². The normalized spacial score (nSPS) is 11.1. The number of hydrogen-bond donors (Lipinski definition) is 1. The number of rotatable bonds is 6. The average Bonchev–Trinajstić information content (AvgIpc) is 2.70. The number of fused-ring (bicyclic) bond motifs is 1. The van der Waals surface area contributed by atoms with Crippen molar-refractivity contribution in [1.82, 2.24) is 14.5 Å². The summed E-state index contributed by atoms with van der Waals surface area (Å²) in [4.78, 5) is 20.1. The van der Waals surface area contributed by atoms with Crippen molar-refractivity contribution in [2.75, 3.05) is 11.9 Å². The summed E-state index contributed by atoms with van der Waals surface area (Å²) in [7, 11) is 0. The smallest absolute Gasteiger partial charge is 0.261 e. The standard InChI is InChI=1S/C22H24Br2N4OS/c1-4-19-26-20-17(12-15(23)13-18(20)24)21(29)28(19)11-10-27(14(2)3)22(30)25-16-8-6-5-7-9-16/h5-9,12-14H,4,10-11H2,1-3H3,(H,25,30). The Kier molecular flexibility index (Phi) is 7.65. The molecule has 0 saturated heterocycles. The van der Waals surface area contributed by atoms with Gasteiger partial charge >= 0.3 is 0 Å². The van der Waals surface area contributed by atoms with Crippen LogP contribution in [0.5, 0.6) is 0 Å². The number of halogens is 2. The summed E-state index contributed by atoms with van der Waals surface area (Å²) < 4.78 is 3.42. The summed E-state index contributed by atoms with van der Waals surface area (Å²) in [5, 5.41) is 4.52. The van der Waals surface area contributed by atoms with Gasteiger partial charge < -0.3 is 10.2 Å². The molecule has 0 atom stereocenters. The third-order valence-electron chi connectivity index (χ3n) is 4.85. The van der Waals surface area contributed by atoms with Gasteiger partial charge in [-0.05, 0) is 66.3 Å². The first-order chi connectivity index (χ1) is 14.3. The molecular weight excluding hydrogens is 528 g/mol. The summed E-state index contributed by atoms with van der Waals surface area (Å²) in [6.07, 6.45) is 0.669. The molecule has 0 spiro atoms. The number of aryl methyl sites for hydroxylation is 1. The van der Waals surface area contributed by atoms with E-state index in [9.17, 15) is 4.79 Å². The van der Waals surface area contributed by atoms with E-state index in [1.165, 1.54) is 0 Å². The molecule has 5 nitrogen and oxygen atoms in total. The number of thiocarbonyl (C=S) groups is 1. The Morgan fingerprint density at radius 2 is 1.93 bits per heavy atom. The Balaban J connectivity index is 1.89. The van der Waals surface area contributed by atoms with Gasteiger partial charge in [-0.1, -0.05) is 41.1 Å². The number of nitrogens with one attached hydrogen (secondary N) is 1. The van der Waals surface area contributed by atoms with Crippen LogP contribution in [0.4, 0.5) is 5.69 Å². The molecule has 2 aromatic carbocycles. The van der Waals surface area contributed by atoms with Gasteiger partial charge in [0, 0.05) is 40.2 Å². The monoisotopic (exact) mass is 550 g/mol. The van der Waals surface area contributed by atoms with Gasteiger partial charge in [-0.15, -0.1) is 0 Å². The minimum Gasteiger partial charge on any atom is -0.345 e. The topological polar surface area (TPSA) is 50.2 Å². The Morgan fingerprint density at radius 3 is 2.57 bits per heavy atom. The van der Waals surface area contributed by atoms with E-state index in [0.717, 1.165) is 20.5 Å². The molecule has 0 bridgehead atoms. The fourth-order valence-electron chi connectivity index (χ4n) is 3.31. The first-order valence-corrected chi connectivity index (χ1v) is 11.8. The molecule has 0 unspecified atom stereocenters. The molecule has 0 saturated carbocycles. The molecule has 3 aromatic rings. The highest BCUT2D eigenvalue weighted by Gasteiger charge is 2.17. The lowest BCUT2D eigenvalue weighted by molar-refractivity contribution is 0.334. The van der Waals surface area contributed by atoms with Crippen LogP contribution in [-0.2, 0) is 13.0 Å². The van der Waals surface area contributed by atoms with Crippen molar-refractivity contribution in [3.63, 3.8) is 0 Å². The zero-order valence-electron chi connectivity index (χ0n) is 17.2. The Hall–Kier alpha value is -1.77. The molecule has 3 rings (SSSR count). The van der Waals surface area contributed by atoms with Gasteiger partial charge in [0.2, 0.25) is 0 Å². The molecule has 1 heterocycles. The van der Waals surface area contributed by atoms with Crippen LogP contribution in [0.15, 0.2) is 56.2 Å². The molecule has 8 heteroatoms. The van der Waals surface area contributed by atoms with Crippen LogP contribution in [-0.4, -0.2) is 32.2 Å². The molecule has 0 aliphatic carbocycles. The maximum Gasteiger partial charge on any atom is 0.261 e. The third kappa shape index (κ3) is 5.10. The van der Waals surface area contributed by atoms with Crippen LogP contribution < -0.4 is 10.9 Å². The summed E-state index contributed by atoms with van der Waals surface area (Å²) in [5.74, 6) is 0.765. The number of hydrogen-bond acceptors (Lipinski definition) is 3. The molecular formula is C22H24Br2N4OS. The number of nitrogens with zero attached hydrogens (tertiary/aromatic N) is 3. The van der Waals surface area contributed by atoms with Crippen molar-refractivity contribution >= 4 is 65.8 Å². The fraction of sp³-hybridized carbons (Fsp3) is 0.318. The van der Waals surface area contributed by atoms with Crippen molar-refractivity contribution < 1.29 is 0 Å². The highest BCUT2D eigenvalue weighted by atomic mass is 79.9. The van der Waals surface area contributed by atoms with E-state index in [1.54, 1.807) is 4.57 Å². The molecule has 1 N–H and O–H groups in total. The lowest BCUT2D eigenvalue weighted by atomic mass is 10.2. The van der Waals surface area contributed by atoms with Crippen LogP contribution in [0.25, 0.3) is 10.9 Å². The number of benzene rings is 2. The van der Waals surface area contributed by atoms with Gasteiger partial charge in [-0.25, -0.2) is 4.98 Å². The van der Waals surface area contributed by atoms with Crippen molar-refractivity contribution in [2.45, 2.75) is 39.8 Å². The second-order valence-electron chi connectivity index (χ2n) is 7.21. The molecule has 0 aliphatic rings. The van der Waals surface area contributed by atoms with Crippen LogP contribution >= 0.6 is 44.1 Å². The lowest BCUT2D eigenvalue weighted by Gasteiger charge is -2.30. The second kappa shape index (κ2) is 10.0. The van der Waals surface area contributed by atoms with Crippen LogP contribution in [0.3, 0.4) is 0 Å². The van der Waals surface area contributed by atoms with Crippen molar-refractivity contribution in [2.24, 2.45) is 0 Å². The minimum absolute atomic E-state index is 0.0375. The molecule has 30 heavy (non-hydrogen) atoms. The van der Waals surface area contributed by atoms with Crippen LogP contribution in [0.1, 0.15) is 26.6 Å². The quantitative estimate of drug-likeness (QED) is 0.405. The van der Waals surface area contributed by atoms with Crippen molar-refractivity contribution in [3.8, 4) is 0 Å². The van der Waals surface area contributed by atoms with Crippen molar-refractivity contribution in [1.29, 1.82) is 0 Å². The van der Waals surface area contributed by atoms with Gasteiger partial charge in [0.25, 0.3) is 5.56 Å². The zero-order valence-corrected chi connectivity index (χ0v) is 21.1. The van der Waals surface area contributed by atoms with Crippen LogP contribution in [0, 0.1) is 0 Å². The first-order valence-electron chi connectivity index (χ1n) is 9.83. The maximum atomic E-state index is 13.3. The van der Waals surface area contributed by atoms with E-state index in [0.29, 0.717) is 35.5 Å². The van der Waals surface area contributed by atoms with E-state index in [-0.39, 0.29) is 11.6 Å². The summed E-state index contributed by atoms with van der Waals surface area (Å²) in [5.41, 5.74) is 1.60. The Morgan fingerprint density at radius 1 is 1.23 bits per heavy atom. The third-order valence-corrected chi connectivity index (χ3v) is 6.25. The first kappa shape index (κ1) is 22.9. The van der Waals surface area contributed by atoms with Crippen molar-refractivity contribution in [3.05, 3.63) is 67.6 Å². The number of anilines is 1.